The fraction of sp³-hybridized carbons (Fsp3) is 0. The van der Waals surface area contributed by atoms with Crippen LogP contribution in [0, 0.1) is 6.20 Å². The van der Waals surface area contributed by atoms with Gasteiger partial charge >= 0.3 is 5.69 Å². The number of nitrogens with one attached hydrogen (secondary N) is 1. The molecule has 2 N–H and O–H groups in total. The van der Waals surface area contributed by atoms with E-state index in [0.29, 0.717) is 0 Å². The van der Waals surface area contributed by atoms with Crippen molar-refractivity contribution in [3.63, 3.8) is 0 Å². The van der Waals surface area contributed by atoms with Crippen LogP contribution in [0.3, 0.4) is 0 Å². The van der Waals surface area contributed by atoms with Crippen LogP contribution in [-0.2, 0) is 0 Å². The molecular formula is C4H3N2O2. The molecule has 4 heteroatoms. The van der Waals surface area contributed by atoms with E-state index in [-0.39, 0.29) is 5.75 Å². The minimum absolute atomic E-state index is 0.162. The molecule has 0 bridgehead atoms. The third-order valence-electron chi connectivity index (χ3n) is 0.604. The Hall–Kier alpha value is -1.32. The lowest BCUT2D eigenvalue weighted by Crippen LogP contribution is -2.06. The molecule has 1 heterocycles. The Kier molecular flexibility index (Phi) is 0.997. The van der Waals surface area contributed by atoms with E-state index in [1.54, 1.807) is 0 Å². The third-order valence-corrected chi connectivity index (χ3v) is 0.604. The average molecular weight is 111 g/mol. The van der Waals surface area contributed by atoms with E-state index in [0.717, 1.165) is 6.20 Å². The summed E-state index contributed by atoms with van der Waals surface area (Å²) in [5, 5.41) is 8.47. The van der Waals surface area contributed by atoms with Crippen LogP contribution in [0.5, 0.6) is 5.75 Å². The topological polar surface area (TPSA) is 66.0 Å². The molecule has 1 aromatic heterocycles. The summed E-state index contributed by atoms with van der Waals surface area (Å²) < 4.78 is 0. The van der Waals surface area contributed by atoms with E-state index < -0.39 is 5.69 Å². The van der Waals surface area contributed by atoms with E-state index in [1.165, 1.54) is 0 Å². The summed E-state index contributed by atoms with van der Waals surface area (Å²) in [6, 6.07) is 0. The quantitative estimate of drug-likeness (QED) is 0.464. The first-order valence-electron chi connectivity index (χ1n) is 1.95. The van der Waals surface area contributed by atoms with Crippen molar-refractivity contribution in [2.75, 3.05) is 0 Å². The summed E-state index contributed by atoms with van der Waals surface area (Å²) >= 11 is 0. The van der Waals surface area contributed by atoms with Gasteiger partial charge in [-0.1, -0.05) is 0 Å². The normalized spacial score (nSPS) is 9.00. The molecule has 41 valence electrons. The zero-order valence-electron chi connectivity index (χ0n) is 3.88. The van der Waals surface area contributed by atoms with E-state index >= 15 is 0 Å². The highest BCUT2D eigenvalue weighted by atomic mass is 16.3. The Morgan fingerprint density at radius 3 is 3.00 bits per heavy atom. The van der Waals surface area contributed by atoms with Gasteiger partial charge in [-0.05, 0) is 0 Å². The smallest absolute Gasteiger partial charge is 0.345 e. The number of aromatic hydroxyl groups is 1. The highest BCUT2D eigenvalue weighted by molar-refractivity contribution is 5.04. The highest BCUT2D eigenvalue weighted by Gasteiger charge is 1.84. The highest BCUT2D eigenvalue weighted by Crippen LogP contribution is 1.93. The van der Waals surface area contributed by atoms with Crippen LogP contribution in [0.2, 0.25) is 0 Å². The van der Waals surface area contributed by atoms with Crippen molar-refractivity contribution in [1.82, 2.24) is 9.97 Å². The van der Waals surface area contributed by atoms with Crippen LogP contribution in [0.25, 0.3) is 0 Å². The zero-order valence-corrected chi connectivity index (χ0v) is 3.88. The van der Waals surface area contributed by atoms with E-state index in [4.69, 9.17) is 5.11 Å². The van der Waals surface area contributed by atoms with Crippen molar-refractivity contribution in [2.45, 2.75) is 0 Å². The van der Waals surface area contributed by atoms with Gasteiger partial charge in [-0.15, -0.1) is 0 Å². The summed E-state index contributed by atoms with van der Waals surface area (Å²) in [6.45, 7) is 0. The van der Waals surface area contributed by atoms with Crippen molar-refractivity contribution in [1.29, 1.82) is 0 Å². The molecule has 0 fully saturated rings. The lowest BCUT2D eigenvalue weighted by Gasteiger charge is -1.81. The number of rotatable bonds is 0. The van der Waals surface area contributed by atoms with Crippen molar-refractivity contribution in [3.05, 3.63) is 22.9 Å². The molecule has 0 aliphatic heterocycles. The predicted octanol–water partition coefficient (Wildman–Crippen LogP) is -0.724. The summed E-state index contributed by atoms with van der Waals surface area (Å²) in [4.78, 5) is 15.4. The van der Waals surface area contributed by atoms with Crippen LogP contribution < -0.4 is 5.69 Å². The van der Waals surface area contributed by atoms with Crippen molar-refractivity contribution < 1.29 is 5.11 Å². The molecule has 0 amide bonds. The lowest BCUT2D eigenvalue weighted by molar-refractivity contribution is 0.467. The summed E-state index contributed by atoms with van der Waals surface area (Å²) in [5.41, 5.74) is -0.511. The molecule has 4 nitrogen and oxygen atoms in total. The van der Waals surface area contributed by atoms with Gasteiger partial charge < -0.3 is 10.1 Å². The number of H-pyrrole nitrogens is 1. The first kappa shape index (κ1) is 4.83. The SMILES string of the molecule is O=c1n[c]c(O)c[nH]1. The van der Waals surface area contributed by atoms with Gasteiger partial charge in [0.1, 0.15) is 6.20 Å². The summed E-state index contributed by atoms with van der Waals surface area (Å²) in [5.74, 6) is -0.162. The maximum atomic E-state index is 10.1. The number of hydrogen-bond acceptors (Lipinski definition) is 3. The number of nitrogens with zero attached hydrogens (tertiary/aromatic N) is 1. The maximum absolute atomic E-state index is 10.1. The van der Waals surface area contributed by atoms with Gasteiger partial charge in [-0.25, -0.2) is 4.79 Å². The van der Waals surface area contributed by atoms with E-state index in [9.17, 15) is 4.79 Å². The number of aromatic nitrogens is 2. The second kappa shape index (κ2) is 1.65. The summed E-state index contributed by atoms with van der Waals surface area (Å²) in [6.07, 6.45) is 3.18. The fourth-order valence-corrected chi connectivity index (χ4v) is 0.303. The first-order valence-corrected chi connectivity index (χ1v) is 1.95. The Labute approximate surface area is 44.8 Å². The standard InChI is InChI=1S/C4H3N2O2/c7-3-1-5-4(8)6-2-3/h1,7H,(H,5,6,8). The second-order valence-electron chi connectivity index (χ2n) is 1.20. The number of hydrogen-bond donors (Lipinski definition) is 2. The Bertz CT molecular complexity index is 209. The average Bonchev–Trinajstić information content (AvgIpc) is 1.77. The van der Waals surface area contributed by atoms with Gasteiger partial charge in [-0.3, -0.25) is 0 Å². The van der Waals surface area contributed by atoms with E-state index in [1.807, 2.05) is 0 Å². The molecule has 0 aliphatic rings. The molecule has 0 aromatic carbocycles. The van der Waals surface area contributed by atoms with Crippen LogP contribution in [-0.4, -0.2) is 15.1 Å². The molecular weight excluding hydrogens is 108 g/mol. The molecule has 0 atom stereocenters. The molecule has 1 aromatic rings. The molecule has 0 saturated heterocycles. The predicted molar refractivity (Wildman–Crippen MR) is 25.4 cm³/mol. The molecule has 1 rings (SSSR count). The fourth-order valence-electron chi connectivity index (χ4n) is 0.303. The molecule has 0 aliphatic carbocycles. The zero-order chi connectivity index (χ0) is 5.98. The largest absolute Gasteiger partial charge is 0.504 e. The minimum atomic E-state index is -0.511. The Morgan fingerprint density at radius 1 is 1.88 bits per heavy atom. The van der Waals surface area contributed by atoms with Gasteiger partial charge in [0.25, 0.3) is 0 Å². The maximum Gasteiger partial charge on any atom is 0.345 e. The van der Waals surface area contributed by atoms with Crippen molar-refractivity contribution >= 4 is 0 Å². The monoisotopic (exact) mass is 111 g/mol. The van der Waals surface area contributed by atoms with Crippen LogP contribution in [0.1, 0.15) is 0 Å². The summed E-state index contributed by atoms with van der Waals surface area (Å²) in [7, 11) is 0. The number of aromatic amines is 1. The molecule has 0 saturated carbocycles. The molecule has 1 radical (unpaired) electrons. The van der Waals surface area contributed by atoms with Crippen molar-refractivity contribution in [2.24, 2.45) is 0 Å². The van der Waals surface area contributed by atoms with Gasteiger partial charge in [0.05, 0.1) is 0 Å². The van der Waals surface area contributed by atoms with Crippen LogP contribution in [0.4, 0.5) is 0 Å². The second-order valence-corrected chi connectivity index (χ2v) is 1.20. The molecule has 0 unspecified atom stereocenters. The molecule has 8 heavy (non-hydrogen) atoms. The van der Waals surface area contributed by atoms with Crippen molar-refractivity contribution in [3.8, 4) is 5.75 Å². The van der Waals surface area contributed by atoms with Gasteiger partial charge in [0, 0.05) is 6.20 Å². The lowest BCUT2D eigenvalue weighted by atomic mass is 10.6. The van der Waals surface area contributed by atoms with Gasteiger partial charge in [0.2, 0.25) is 0 Å². The van der Waals surface area contributed by atoms with Crippen LogP contribution >= 0.6 is 0 Å². The Morgan fingerprint density at radius 2 is 2.62 bits per heavy atom. The third kappa shape index (κ3) is 0.841. The van der Waals surface area contributed by atoms with Crippen LogP contribution in [0.15, 0.2) is 11.0 Å². The minimum Gasteiger partial charge on any atom is -0.504 e. The van der Waals surface area contributed by atoms with Gasteiger partial charge in [-0.2, -0.15) is 4.98 Å². The Balaban J connectivity index is 3.22. The molecule has 0 spiro atoms. The van der Waals surface area contributed by atoms with E-state index in [2.05, 4.69) is 16.2 Å². The van der Waals surface area contributed by atoms with Gasteiger partial charge in [0.15, 0.2) is 5.75 Å². The first-order chi connectivity index (χ1) is 3.79.